The van der Waals surface area contributed by atoms with Gasteiger partial charge in [0, 0.05) is 29.1 Å². The Hall–Kier alpha value is -2.86. The molecule has 1 N–H and O–H groups in total. The molecule has 0 saturated carbocycles. The Morgan fingerprint density at radius 2 is 1.90 bits per heavy atom. The normalized spacial score (nSPS) is 12.2. The summed E-state index contributed by atoms with van der Waals surface area (Å²) in [6, 6.07) is 7.38. The molecule has 0 amide bonds. The third-order valence-corrected chi connectivity index (χ3v) is 5.30. The number of esters is 1. The van der Waals surface area contributed by atoms with Gasteiger partial charge < -0.3 is 9.84 Å². The number of aromatic nitrogens is 1. The van der Waals surface area contributed by atoms with E-state index in [0.29, 0.717) is 33.7 Å². The van der Waals surface area contributed by atoms with Gasteiger partial charge in [0.2, 0.25) is 0 Å². The number of nitrogens with zero attached hydrogens (tertiary/aromatic N) is 1. The molecule has 0 saturated heterocycles. The van der Waals surface area contributed by atoms with Gasteiger partial charge in [-0.2, -0.15) is 0 Å². The molecule has 0 unspecified atom stereocenters. The Morgan fingerprint density at radius 3 is 2.45 bits per heavy atom. The maximum absolute atomic E-state index is 14.6. The summed E-state index contributed by atoms with van der Waals surface area (Å²) in [4.78, 5) is 25.0. The van der Waals surface area contributed by atoms with Crippen molar-refractivity contribution in [1.82, 2.24) is 4.57 Å². The van der Waals surface area contributed by atoms with E-state index in [-0.39, 0.29) is 17.2 Å². The van der Waals surface area contributed by atoms with E-state index >= 15 is 0 Å². The van der Waals surface area contributed by atoms with Gasteiger partial charge in [0.25, 0.3) is 5.91 Å². The summed E-state index contributed by atoms with van der Waals surface area (Å²) in [5.41, 5.74) is 1.21. The highest BCUT2D eigenvalue weighted by Crippen LogP contribution is 2.44. The monoisotopic (exact) mass is 417 g/mol. The lowest BCUT2D eigenvalue weighted by molar-refractivity contribution is -0.131. The lowest BCUT2D eigenvalue weighted by atomic mass is 9.93. The highest BCUT2D eigenvalue weighted by atomic mass is 35.5. The molecule has 0 aliphatic rings. The molecule has 3 rings (SSSR count). The molecule has 0 aliphatic heterocycles. The standard InChI is InChI=1S/C22H21ClFNO4/c1-5-11(2)18-19-17(10-16(24)20(18)27)25(12(3)21(19)29-13(4)26)22(28)14-6-8-15(23)9-7-14/h6-11,27H,5H2,1-4H3/t11-/m0/s1. The van der Waals surface area contributed by atoms with Crippen LogP contribution in [-0.2, 0) is 4.79 Å². The molecule has 1 heterocycles. The van der Waals surface area contributed by atoms with Crippen LogP contribution in [0.3, 0.4) is 0 Å². The van der Waals surface area contributed by atoms with Gasteiger partial charge >= 0.3 is 5.97 Å². The van der Waals surface area contributed by atoms with E-state index in [1.54, 1.807) is 31.2 Å². The third kappa shape index (κ3) is 3.60. The minimum atomic E-state index is -0.843. The molecule has 7 heteroatoms. The van der Waals surface area contributed by atoms with Crippen molar-refractivity contribution in [2.45, 2.75) is 40.0 Å². The van der Waals surface area contributed by atoms with Crippen LogP contribution >= 0.6 is 11.6 Å². The van der Waals surface area contributed by atoms with E-state index in [1.165, 1.54) is 11.5 Å². The number of phenolic OH excluding ortho intramolecular Hbond substituents is 1. The van der Waals surface area contributed by atoms with E-state index in [1.807, 2.05) is 13.8 Å². The fraction of sp³-hybridized carbons (Fsp3) is 0.273. The number of fused-ring (bicyclic) bond motifs is 1. The van der Waals surface area contributed by atoms with Crippen LogP contribution in [0.1, 0.15) is 54.7 Å². The first-order valence-corrected chi connectivity index (χ1v) is 9.60. The predicted octanol–water partition coefficient (Wildman–Crippen LogP) is 5.58. The Bertz CT molecular complexity index is 1120. The molecule has 5 nitrogen and oxygen atoms in total. The maximum Gasteiger partial charge on any atom is 0.308 e. The van der Waals surface area contributed by atoms with Crippen molar-refractivity contribution in [1.29, 1.82) is 0 Å². The predicted molar refractivity (Wildman–Crippen MR) is 109 cm³/mol. The number of halogens is 2. The zero-order valence-corrected chi connectivity index (χ0v) is 17.3. The number of ether oxygens (including phenoxy) is 1. The maximum atomic E-state index is 14.6. The summed E-state index contributed by atoms with van der Waals surface area (Å²) in [7, 11) is 0. The third-order valence-electron chi connectivity index (χ3n) is 5.05. The van der Waals surface area contributed by atoms with E-state index in [2.05, 4.69) is 0 Å². The second kappa shape index (κ2) is 7.87. The number of carbonyl (C=O) groups is 2. The van der Waals surface area contributed by atoms with Gasteiger partial charge in [-0.1, -0.05) is 25.4 Å². The number of phenols is 1. The number of carbonyl (C=O) groups excluding carboxylic acids is 2. The van der Waals surface area contributed by atoms with E-state index in [0.717, 1.165) is 6.07 Å². The van der Waals surface area contributed by atoms with Crippen LogP contribution in [0.5, 0.6) is 11.5 Å². The number of hydrogen-bond donors (Lipinski definition) is 1. The van der Waals surface area contributed by atoms with E-state index < -0.39 is 23.4 Å². The second-order valence-corrected chi connectivity index (χ2v) is 7.42. The van der Waals surface area contributed by atoms with Crippen LogP contribution in [0.2, 0.25) is 5.02 Å². The van der Waals surface area contributed by atoms with Crippen LogP contribution < -0.4 is 4.74 Å². The Balaban J connectivity index is 2.41. The molecule has 0 bridgehead atoms. The van der Waals surface area contributed by atoms with Gasteiger partial charge in [-0.15, -0.1) is 0 Å². The average Bonchev–Trinajstić information content (AvgIpc) is 2.93. The molecular weight excluding hydrogens is 397 g/mol. The fourth-order valence-electron chi connectivity index (χ4n) is 3.46. The topological polar surface area (TPSA) is 68.5 Å². The Labute approximate surface area is 172 Å². The minimum Gasteiger partial charge on any atom is -0.505 e. The van der Waals surface area contributed by atoms with Crippen molar-refractivity contribution in [3.8, 4) is 11.5 Å². The quantitative estimate of drug-likeness (QED) is 0.563. The largest absolute Gasteiger partial charge is 0.505 e. The van der Waals surface area contributed by atoms with E-state index in [9.17, 15) is 19.1 Å². The Kier molecular flexibility index (Phi) is 5.66. The number of aromatic hydroxyl groups is 1. The average molecular weight is 418 g/mol. The van der Waals surface area contributed by atoms with Crippen molar-refractivity contribution in [2.75, 3.05) is 0 Å². The lowest BCUT2D eigenvalue weighted by Crippen LogP contribution is -2.14. The summed E-state index contributed by atoms with van der Waals surface area (Å²) in [6.45, 7) is 6.59. The summed E-state index contributed by atoms with van der Waals surface area (Å²) in [5.74, 6) is -2.45. The van der Waals surface area contributed by atoms with Crippen molar-refractivity contribution >= 4 is 34.4 Å². The van der Waals surface area contributed by atoms with Crippen LogP contribution in [0.15, 0.2) is 30.3 Å². The fourth-order valence-corrected chi connectivity index (χ4v) is 3.59. The zero-order valence-electron chi connectivity index (χ0n) is 16.5. The van der Waals surface area contributed by atoms with Gasteiger partial charge in [0.15, 0.2) is 17.3 Å². The van der Waals surface area contributed by atoms with Crippen molar-refractivity contribution in [2.24, 2.45) is 0 Å². The molecule has 1 atom stereocenters. The van der Waals surface area contributed by atoms with Crippen molar-refractivity contribution in [3.05, 3.63) is 58.0 Å². The molecule has 29 heavy (non-hydrogen) atoms. The van der Waals surface area contributed by atoms with Gasteiger partial charge in [0.1, 0.15) is 0 Å². The highest BCUT2D eigenvalue weighted by molar-refractivity contribution is 6.30. The molecule has 0 radical (unpaired) electrons. The molecular formula is C22H21ClFNO4. The number of hydrogen-bond acceptors (Lipinski definition) is 4. The van der Waals surface area contributed by atoms with Gasteiger partial charge in [-0.25, -0.2) is 4.39 Å². The molecule has 152 valence electrons. The summed E-state index contributed by atoms with van der Waals surface area (Å²) < 4.78 is 21.3. The van der Waals surface area contributed by atoms with Crippen molar-refractivity contribution in [3.63, 3.8) is 0 Å². The molecule has 2 aromatic carbocycles. The summed E-state index contributed by atoms with van der Waals surface area (Å²) >= 11 is 5.91. The van der Waals surface area contributed by atoms with Crippen molar-refractivity contribution < 1.29 is 23.8 Å². The van der Waals surface area contributed by atoms with Gasteiger partial charge in [-0.05, 0) is 43.5 Å². The van der Waals surface area contributed by atoms with Gasteiger partial charge in [-0.3, -0.25) is 14.2 Å². The van der Waals surface area contributed by atoms with Crippen LogP contribution in [0.25, 0.3) is 10.9 Å². The van der Waals surface area contributed by atoms with Gasteiger partial charge in [0.05, 0.1) is 16.6 Å². The van der Waals surface area contributed by atoms with Crippen LogP contribution in [-0.4, -0.2) is 21.6 Å². The summed E-state index contributed by atoms with van der Waals surface area (Å²) in [6.07, 6.45) is 0.612. The minimum absolute atomic E-state index is 0.139. The molecule has 0 fully saturated rings. The Morgan fingerprint density at radius 1 is 1.28 bits per heavy atom. The first-order valence-electron chi connectivity index (χ1n) is 9.22. The van der Waals surface area contributed by atoms with Crippen LogP contribution in [0.4, 0.5) is 4.39 Å². The lowest BCUT2D eigenvalue weighted by Gasteiger charge is -2.15. The second-order valence-electron chi connectivity index (χ2n) is 6.98. The van der Waals surface area contributed by atoms with E-state index in [4.69, 9.17) is 16.3 Å². The molecule has 3 aromatic rings. The SMILES string of the molecule is CC[C@H](C)c1c(O)c(F)cc2c1c(OC(C)=O)c(C)n2C(=O)c1ccc(Cl)cc1. The summed E-state index contributed by atoms with van der Waals surface area (Å²) in [5, 5.41) is 11.3. The first-order chi connectivity index (χ1) is 13.7. The highest BCUT2D eigenvalue weighted by Gasteiger charge is 2.29. The molecule has 0 spiro atoms. The molecule has 1 aromatic heterocycles. The number of benzene rings is 2. The molecule has 0 aliphatic carbocycles. The zero-order chi connectivity index (χ0) is 21.5. The smallest absolute Gasteiger partial charge is 0.308 e. The number of rotatable bonds is 4. The van der Waals surface area contributed by atoms with Crippen LogP contribution in [0, 0.1) is 12.7 Å². The first kappa shape index (κ1) is 20.9.